The van der Waals surface area contributed by atoms with Gasteiger partial charge in [-0.25, -0.2) is 4.79 Å². The number of hydrogen-bond acceptors (Lipinski definition) is 7. The molecule has 0 spiro atoms. The van der Waals surface area contributed by atoms with Crippen LogP contribution in [0.5, 0.6) is 0 Å². The molecule has 220 valence electrons. The van der Waals surface area contributed by atoms with Gasteiger partial charge in [-0.3, -0.25) is 19.2 Å². The van der Waals surface area contributed by atoms with Crippen LogP contribution < -0.4 is 33.2 Å². The first-order valence-corrected chi connectivity index (χ1v) is 13.4. The van der Waals surface area contributed by atoms with Gasteiger partial charge in [-0.2, -0.15) is 0 Å². The highest BCUT2D eigenvalue weighted by molar-refractivity contribution is 5.94. The normalized spacial score (nSPS) is 14.2. The fourth-order valence-corrected chi connectivity index (χ4v) is 4.26. The highest BCUT2D eigenvalue weighted by atomic mass is 16.4. The molecule has 40 heavy (non-hydrogen) atoms. The molecule has 0 bridgehead atoms. The number of nitrogens with one attached hydrogen (secondary N) is 4. The third-order valence-electron chi connectivity index (χ3n) is 6.57. The van der Waals surface area contributed by atoms with Crippen LogP contribution in [0.3, 0.4) is 0 Å². The first-order valence-electron chi connectivity index (χ1n) is 13.4. The number of unbranched alkanes of at least 4 members (excludes halogenated alkanes) is 1. The summed E-state index contributed by atoms with van der Waals surface area (Å²) in [6.07, 6.45) is 3.03. The van der Waals surface area contributed by atoms with Gasteiger partial charge in [0.1, 0.15) is 18.1 Å². The summed E-state index contributed by atoms with van der Waals surface area (Å²) in [6, 6.07) is 3.24. The summed E-state index contributed by atoms with van der Waals surface area (Å²) >= 11 is 0. The largest absolute Gasteiger partial charge is 0.480 e. The Morgan fingerprint density at radius 3 is 2.23 bits per heavy atom. The number of benzene rings is 1. The van der Waals surface area contributed by atoms with Gasteiger partial charge < -0.3 is 43.2 Å². The molecule has 0 fully saturated rings. The predicted octanol–water partition coefficient (Wildman–Crippen LogP) is -0.373. The van der Waals surface area contributed by atoms with E-state index in [2.05, 4.69) is 20.9 Å². The second kappa shape index (κ2) is 15.6. The van der Waals surface area contributed by atoms with Crippen LogP contribution in [0.2, 0.25) is 0 Å². The van der Waals surface area contributed by atoms with E-state index < -0.39 is 59.7 Å². The number of carbonyl (C=O) groups excluding carboxylic acids is 4. The summed E-state index contributed by atoms with van der Waals surface area (Å²) in [7, 11) is 0. The molecule has 4 atom stereocenters. The number of H-pyrrole nitrogens is 1. The van der Waals surface area contributed by atoms with Crippen LogP contribution in [-0.4, -0.2) is 70.4 Å². The smallest absolute Gasteiger partial charge is 0.326 e. The minimum absolute atomic E-state index is 0.193. The summed E-state index contributed by atoms with van der Waals surface area (Å²) in [5.41, 5.74) is 18.7. The number of fused-ring (bicyclic) bond motifs is 1. The molecule has 4 unspecified atom stereocenters. The molecule has 4 amide bonds. The van der Waals surface area contributed by atoms with Gasteiger partial charge >= 0.3 is 5.97 Å². The van der Waals surface area contributed by atoms with Crippen LogP contribution in [0.4, 0.5) is 0 Å². The molecule has 2 rings (SSSR count). The van der Waals surface area contributed by atoms with Crippen LogP contribution in [0.25, 0.3) is 10.9 Å². The minimum Gasteiger partial charge on any atom is -0.480 e. The maximum atomic E-state index is 13.3. The number of carbonyl (C=O) groups is 5. The zero-order chi connectivity index (χ0) is 29.8. The number of para-hydroxylation sites is 1. The molecule has 1 aromatic carbocycles. The minimum atomic E-state index is -1.36. The van der Waals surface area contributed by atoms with Crippen LogP contribution in [0, 0.1) is 5.92 Å². The molecule has 0 radical (unpaired) electrons. The molecule has 13 heteroatoms. The fourth-order valence-electron chi connectivity index (χ4n) is 4.26. The molecule has 0 aliphatic carbocycles. The third-order valence-corrected chi connectivity index (χ3v) is 6.57. The topological polar surface area (TPSA) is 236 Å². The van der Waals surface area contributed by atoms with Crippen molar-refractivity contribution in [3.05, 3.63) is 36.0 Å². The van der Waals surface area contributed by atoms with Gasteiger partial charge in [0.25, 0.3) is 0 Å². The SMILES string of the molecule is CC(C)C(NC(=O)C(CCCCN)NC(=O)C(N)Cc1c[nH]c2ccccc12)C(=O)NC(CCC(N)=O)C(=O)O. The lowest BCUT2D eigenvalue weighted by atomic mass is 10.0. The lowest BCUT2D eigenvalue weighted by Crippen LogP contribution is -2.58. The molecular weight excluding hydrogens is 518 g/mol. The van der Waals surface area contributed by atoms with E-state index in [-0.39, 0.29) is 25.7 Å². The number of rotatable bonds is 17. The Hall–Kier alpha value is -3.97. The van der Waals surface area contributed by atoms with Gasteiger partial charge in [0, 0.05) is 23.5 Å². The van der Waals surface area contributed by atoms with E-state index in [1.807, 2.05) is 24.3 Å². The van der Waals surface area contributed by atoms with E-state index in [4.69, 9.17) is 17.2 Å². The first-order chi connectivity index (χ1) is 18.9. The standard InChI is InChI=1S/C27H41N7O6/c1-15(2)23(26(38)33-21(27(39)40)10-11-22(30)35)34-25(37)20(9-5-6-12-28)32-24(36)18(29)13-16-14-31-19-8-4-3-7-17(16)19/h3-4,7-8,14-15,18,20-21,23,31H,5-6,9-13,28-29H2,1-2H3,(H2,30,35)(H,32,36)(H,33,38)(H,34,37)(H,39,40). The summed E-state index contributed by atoms with van der Waals surface area (Å²) in [6.45, 7) is 3.77. The Kier molecular flexibility index (Phi) is 12.6. The number of carboxylic acid groups (broad SMARTS) is 1. The Labute approximate surface area is 233 Å². The lowest BCUT2D eigenvalue weighted by Gasteiger charge is -2.27. The molecule has 0 aliphatic rings. The average Bonchev–Trinajstić information content (AvgIpc) is 3.30. The second-order valence-corrected chi connectivity index (χ2v) is 10.2. The highest BCUT2D eigenvalue weighted by Crippen LogP contribution is 2.19. The van der Waals surface area contributed by atoms with Gasteiger partial charge in [0.2, 0.25) is 23.6 Å². The van der Waals surface area contributed by atoms with Gasteiger partial charge in [-0.15, -0.1) is 0 Å². The highest BCUT2D eigenvalue weighted by Gasteiger charge is 2.32. The predicted molar refractivity (Wildman–Crippen MR) is 150 cm³/mol. The Bertz CT molecular complexity index is 1180. The third kappa shape index (κ3) is 9.65. The number of aliphatic carboxylic acids is 1. The van der Waals surface area contributed by atoms with Gasteiger partial charge in [0.05, 0.1) is 6.04 Å². The van der Waals surface area contributed by atoms with Crippen molar-refractivity contribution in [3.63, 3.8) is 0 Å². The average molecular weight is 560 g/mol. The summed E-state index contributed by atoms with van der Waals surface area (Å²) in [5, 5.41) is 18.1. The molecule has 0 saturated heterocycles. The van der Waals surface area contributed by atoms with Gasteiger partial charge in [0.15, 0.2) is 0 Å². The number of hydrogen-bond donors (Lipinski definition) is 8. The van der Waals surface area contributed by atoms with Gasteiger partial charge in [-0.05, 0) is 56.2 Å². The summed E-state index contributed by atoms with van der Waals surface area (Å²) in [4.78, 5) is 65.0. The Morgan fingerprint density at radius 2 is 1.60 bits per heavy atom. The van der Waals surface area contributed by atoms with E-state index in [1.165, 1.54) is 0 Å². The van der Waals surface area contributed by atoms with E-state index in [0.717, 1.165) is 16.5 Å². The molecule has 0 aliphatic heterocycles. The van der Waals surface area contributed by atoms with Crippen LogP contribution >= 0.6 is 0 Å². The van der Waals surface area contributed by atoms with Crippen LogP contribution in [0.1, 0.15) is 51.5 Å². The van der Waals surface area contributed by atoms with Crippen molar-refractivity contribution >= 4 is 40.5 Å². The van der Waals surface area contributed by atoms with E-state index in [9.17, 15) is 29.1 Å². The van der Waals surface area contributed by atoms with Crippen molar-refractivity contribution < 1.29 is 29.1 Å². The van der Waals surface area contributed by atoms with Crippen molar-refractivity contribution in [1.29, 1.82) is 0 Å². The number of amides is 4. The summed E-state index contributed by atoms with van der Waals surface area (Å²) < 4.78 is 0. The molecule has 11 N–H and O–H groups in total. The fraction of sp³-hybridized carbons (Fsp3) is 0.519. The molecular formula is C27H41N7O6. The molecule has 1 aromatic heterocycles. The number of aromatic nitrogens is 1. The number of nitrogens with two attached hydrogens (primary N) is 3. The van der Waals surface area contributed by atoms with Crippen molar-refractivity contribution in [2.24, 2.45) is 23.1 Å². The maximum absolute atomic E-state index is 13.3. The first kappa shape index (κ1) is 32.2. The molecule has 1 heterocycles. The quantitative estimate of drug-likeness (QED) is 0.119. The zero-order valence-corrected chi connectivity index (χ0v) is 22.9. The monoisotopic (exact) mass is 559 g/mol. The van der Waals surface area contributed by atoms with Crippen molar-refractivity contribution in [2.45, 2.75) is 76.5 Å². The van der Waals surface area contributed by atoms with E-state index in [1.54, 1.807) is 20.0 Å². The van der Waals surface area contributed by atoms with E-state index >= 15 is 0 Å². The molecule has 0 saturated carbocycles. The Balaban J connectivity index is 2.11. The zero-order valence-electron chi connectivity index (χ0n) is 22.9. The van der Waals surface area contributed by atoms with Crippen molar-refractivity contribution in [3.8, 4) is 0 Å². The Morgan fingerprint density at radius 1 is 0.925 bits per heavy atom. The van der Waals surface area contributed by atoms with Gasteiger partial charge in [-0.1, -0.05) is 32.0 Å². The number of aromatic amines is 1. The number of primary amides is 1. The summed E-state index contributed by atoms with van der Waals surface area (Å²) in [5.74, 6) is -4.32. The molecule has 2 aromatic rings. The van der Waals surface area contributed by atoms with Crippen molar-refractivity contribution in [2.75, 3.05) is 6.54 Å². The maximum Gasteiger partial charge on any atom is 0.326 e. The second-order valence-electron chi connectivity index (χ2n) is 10.2. The van der Waals surface area contributed by atoms with E-state index in [0.29, 0.717) is 19.4 Å². The molecule has 13 nitrogen and oxygen atoms in total. The lowest BCUT2D eigenvalue weighted by molar-refractivity contribution is -0.143. The van der Waals surface area contributed by atoms with Crippen molar-refractivity contribution in [1.82, 2.24) is 20.9 Å². The van der Waals surface area contributed by atoms with Crippen LogP contribution in [-0.2, 0) is 30.4 Å². The number of carboxylic acids is 1. The van der Waals surface area contributed by atoms with Crippen LogP contribution in [0.15, 0.2) is 30.5 Å².